The van der Waals surface area contributed by atoms with Gasteiger partial charge in [-0.3, -0.25) is 0 Å². The third-order valence-electron chi connectivity index (χ3n) is 5.76. The zero-order valence-corrected chi connectivity index (χ0v) is 21.2. The van der Waals surface area contributed by atoms with Crippen LogP contribution in [0.4, 0.5) is 9.59 Å². The van der Waals surface area contributed by atoms with Crippen molar-refractivity contribution >= 4 is 23.3 Å². The molecular formula is C27H33N3O6. The molecule has 0 bridgehead atoms. The molecule has 2 aromatic carbocycles. The zero-order valence-electron chi connectivity index (χ0n) is 21.2. The van der Waals surface area contributed by atoms with Gasteiger partial charge in [-0.2, -0.15) is 0 Å². The summed E-state index contributed by atoms with van der Waals surface area (Å²) >= 11 is 0. The summed E-state index contributed by atoms with van der Waals surface area (Å²) in [5.74, 6) is 1.24. The van der Waals surface area contributed by atoms with Gasteiger partial charge in [0.25, 0.3) is 0 Å². The topological polar surface area (TPSA) is 94.3 Å². The molecule has 1 aliphatic heterocycles. The van der Waals surface area contributed by atoms with E-state index in [1.54, 1.807) is 22.8 Å². The van der Waals surface area contributed by atoms with Crippen molar-refractivity contribution < 1.29 is 28.2 Å². The number of hydrogen-bond donors (Lipinski definition) is 0. The summed E-state index contributed by atoms with van der Waals surface area (Å²) in [6.07, 6.45) is -0.294. The summed E-state index contributed by atoms with van der Waals surface area (Å²) in [5.41, 5.74) is 1.73. The predicted octanol–water partition coefficient (Wildman–Crippen LogP) is 5.16. The van der Waals surface area contributed by atoms with Crippen molar-refractivity contribution in [2.24, 2.45) is 0 Å². The molecule has 2 amide bonds. The summed E-state index contributed by atoms with van der Waals surface area (Å²) in [6, 6.07) is 14.7. The molecule has 3 aromatic rings. The smallest absolute Gasteiger partial charge is 0.410 e. The number of nitrogens with zero attached hydrogens (tertiary/aromatic N) is 3. The normalized spacial score (nSPS) is 16.2. The predicted molar refractivity (Wildman–Crippen MR) is 134 cm³/mol. The van der Waals surface area contributed by atoms with E-state index >= 15 is 0 Å². The first-order valence-electron chi connectivity index (χ1n) is 12.1. The number of oxazole rings is 1. The van der Waals surface area contributed by atoms with Gasteiger partial charge in [0.05, 0.1) is 12.6 Å². The Morgan fingerprint density at radius 3 is 2.61 bits per heavy atom. The number of hydrogen-bond acceptors (Lipinski definition) is 7. The van der Waals surface area contributed by atoms with Crippen molar-refractivity contribution in [2.75, 3.05) is 26.2 Å². The molecule has 1 atom stereocenters. The van der Waals surface area contributed by atoms with Gasteiger partial charge < -0.3 is 28.4 Å². The van der Waals surface area contributed by atoms with Crippen molar-refractivity contribution in [3.63, 3.8) is 0 Å². The molecule has 1 saturated heterocycles. The molecule has 192 valence electrons. The van der Waals surface area contributed by atoms with E-state index in [1.807, 2.05) is 63.2 Å². The molecule has 9 nitrogen and oxygen atoms in total. The molecule has 36 heavy (non-hydrogen) atoms. The third kappa shape index (κ3) is 6.68. The summed E-state index contributed by atoms with van der Waals surface area (Å²) in [5, 5.41) is 0. The van der Waals surface area contributed by atoms with Crippen molar-refractivity contribution in [2.45, 2.75) is 52.4 Å². The van der Waals surface area contributed by atoms with Crippen molar-refractivity contribution in [3.05, 3.63) is 60.0 Å². The van der Waals surface area contributed by atoms with E-state index in [0.717, 1.165) is 11.1 Å². The van der Waals surface area contributed by atoms with Gasteiger partial charge in [0.15, 0.2) is 11.5 Å². The van der Waals surface area contributed by atoms with Crippen molar-refractivity contribution in [1.82, 2.24) is 14.8 Å². The Labute approximate surface area is 210 Å². The number of piperazine rings is 1. The first-order chi connectivity index (χ1) is 17.2. The molecule has 0 saturated carbocycles. The Kier molecular flexibility index (Phi) is 7.67. The lowest BCUT2D eigenvalue weighted by Crippen LogP contribution is -2.57. The highest BCUT2D eigenvalue weighted by Crippen LogP contribution is 2.23. The fourth-order valence-corrected chi connectivity index (χ4v) is 4.06. The highest BCUT2D eigenvalue weighted by molar-refractivity contribution is 5.74. The number of rotatable bonds is 6. The van der Waals surface area contributed by atoms with Crippen LogP contribution in [0.15, 0.2) is 52.9 Å². The van der Waals surface area contributed by atoms with Gasteiger partial charge in [-0.1, -0.05) is 30.3 Å². The van der Waals surface area contributed by atoms with Crippen molar-refractivity contribution in [3.8, 4) is 5.75 Å². The van der Waals surface area contributed by atoms with Gasteiger partial charge in [-0.25, -0.2) is 14.6 Å². The van der Waals surface area contributed by atoms with E-state index in [1.165, 1.54) is 0 Å². The summed E-state index contributed by atoms with van der Waals surface area (Å²) in [7, 11) is 0. The number of aryl methyl sites for hydroxylation is 1. The van der Waals surface area contributed by atoms with Gasteiger partial charge in [-0.15, -0.1) is 0 Å². The highest BCUT2D eigenvalue weighted by atomic mass is 16.6. The number of fused-ring (bicyclic) bond motifs is 1. The van der Waals surface area contributed by atoms with Crippen LogP contribution in [-0.4, -0.2) is 64.9 Å². The van der Waals surface area contributed by atoms with Crippen LogP contribution in [0.3, 0.4) is 0 Å². The lowest BCUT2D eigenvalue weighted by molar-refractivity contribution is -0.00614. The molecule has 1 aromatic heterocycles. The average Bonchev–Trinajstić information content (AvgIpc) is 3.21. The van der Waals surface area contributed by atoms with E-state index < -0.39 is 17.8 Å². The number of carbonyl (C=O) groups is 2. The van der Waals surface area contributed by atoms with Gasteiger partial charge >= 0.3 is 12.2 Å². The molecule has 4 rings (SSSR count). The third-order valence-corrected chi connectivity index (χ3v) is 5.76. The van der Waals surface area contributed by atoms with Crippen LogP contribution in [0.5, 0.6) is 5.75 Å². The lowest BCUT2D eigenvalue weighted by Gasteiger charge is -2.41. The van der Waals surface area contributed by atoms with Gasteiger partial charge in [0.2, 0.25) is 0 Å². The molecular weight excluding hydrogens is 462 g/mol. The Morgan fingerprint density at radius 2 is 1.86 bits per heavy atom. The van der Waals surface area contributed by atoms with Gasteiger partial charge in [0, 0.05) is 39.0 Å². The second-order valence-electron chi connectivity index (χ2n) is 9.81. The number of amides is 2. The molecule has 1 aliphatic rings. The van der Waals surface area contributed by atoms with E-state index in [9.17, 15) is 9.59 Å². The highest BCUT2D eigenvalue weighted by Gasteiger charge is 2.35. The molecule has 0 radical (unpaired) electrons. The maximum absolute atomic E-state index is 12.9. The lowest BCUT2D eigenvalue weighted by atomic mass is 10.1. The number of benzene rings is 2. The van der Waals surface area contributed by atoms with E-state index in [2.05, 4.69) is 4.98 Å². The summed E-state index contributed by atoms with van der Waals surface area (Å²) in [4.78, 5) is 33.3. The molecule has 1 fully saturated rings. The van der Waals surface area contributed by atoms with Crippen LogP contribution in [0.2, 0.25) is 0 Å². The molecule has 2 heterocycles. The summed E-state index contributed by atoms with van der Waals surface area (Å²) in [6.45, 7) is 8.89. The zero-order chi connectivity index (χ0) is 25.7. The van der Waals surface area contributed by atoms with E-state index in [-0.39, 0.29) is 12.6 Å². The average molecular weight is 496 g/mol. The largest absolute Gasteiger partial charge is 0.493 e. The van der Waals surface area contributed by atoms with Crippen LogP contribution in [0.25, 0.3) is 11.1 Å². The quantitative estimate of drug-likeness (QED) is 0.466. The fourth-order valence-electron chi connectivity index (χ4n) is 4.06. The van der Waals surface area contributed by atoms with Gasteiger partial charge in [-0.05, 0) is 38.5 Å². The van der Waals surface area contributed by atoms with Crippen LogP contribution < -0.4 is 4.74 Å². The first kappa shape index (κ1) is 25.3. The minimum absolute atomic E-state index is 0.198. The monoisotopic (exact) mass is 495 g/mol. The Bertz CT molecular complexity index is 1190. The van der Waals surface area contributed by atoms with Crippen LogP contribution in [-0.2, 0) is 16.1 Å². The molecule has 9 heteroatoms. The Morgan fingerprint density at radius 1 is 1.08 bits per heavy atom. The standard InChI is InChI=1S/C27H33N3O6/c1-19-28-23-11-10-22(16-24(23)35-19)33-15-12-21-17-29(13-14-30(21)26(32)36-27(2,3)4)25(31)34-18-20-8-6-5-7-9-20/h5-11,16,21H,12-15,17-18H2,1-4H3/t21-/m1/s1. The Hall–Kier alpha value is -3.75. The van der Waals surface area contributed by atoms with E-state index in [4.69, 9.17) is 18.6 Å². The second kappa shape index (κ2) is 10.9. The second-order valence-corrected chi connectivity index (χ2v) is 9.81. The van der Waals surface area contributed by atoms with Gasteiger partial charge in [0.1, 0.15) is 23.5 Å². The summed E-state index contributed by atoms with van der Waals surface area (Å²) < 4.78 is 22.7. The Balaban J connectivity index is 1.38. The first-order valence-corrected chi connectivity index (χ1v) is 12.1. The minimum Gasteiger partial charge on any atom is -0.493 e. The molecule has 0 unspecified atom stereocenters. The number of ether oxygens (including phenoxy) is 3. The van der Waals surface area contributed by atoms with Crippen molar-refractivity contribution in [1.29, 1.82) is 0 Å². The SMILES string of the molecule is Cc1nc2ccc(OCC[C@@H]3CN(C(=O)OCc4ccccc4)CCN3C(=O)OC(C)(C)C)cc2o1. The maximum Gasteiger partial charge on any atom is 0.410 e. The molecule has 0 spiro atoms. The minimum atomic E-state index is -0.617. The van der Waals surface area contributed by atoms with Crippen LogP contribution in [0.1, 0.15) is 38.6 Å². The van der Waals surface area contributed by atoms with E-state index in [0.29, 0.717) is 49.9 Å². The molecule has 0 aliphatic carbocycles. The fraction of sp³-hybridized carbons (Fsp3) is 0.444. The van der Waals surface area contributed by atoms with Crippen LogP contribution in [0, 0.1) is 6.92 Å². The van der Waals surface area contributed by atoms with Crippen LogP contribution >= 0.6 is 0 Å². The number of carbonyl (C=O) groups excluding carboxylic acids is 2. The number of aromatic nitrogens is 1. The maximum atomic E-state index is 12.9. The molecule has 0 N–H and O–H groups in total.